The number of ether oxygens (including phenoxy) is 1. The topological polar surface area (TPSA) is 59.6 Å². The SMILES string of the molecule is COc1ccc(NC(N)=NCc2cccc(Br)c2)cc1.I. The molecule has 0 saturated heterocycles. The Bertz CT molecular complexity index is 602. The predicted molar refractivity (Wildman–Crippen MR) is 102 cm³/mol. The van der Waals surface area contributed by atoms with E-state index in [1.54, 1.807) is 7.11 Å². The van der Waals surface area contributed by atoms with Gasteiger partial charge in [-0.25, -0.2) is 4.99 Å². The number of benzene rings is 2. The van der Waals surface area contributed by atoms with Crippen LogP contribution in [0.15, 0.2) is 58.0 Å². The summed E-state index contributed by atoms with van der Waals surface area (Å²) in [6.45, 7) is 0.536. The third kappa shape index (κ3) is 5.92. The van der Waals surface area contributed by atoms with Crippen molar-refractivity contribution in [1.29, 1.82) is 0 Å². The molecule has 0 saturated carbocycles. The molecule has 0 fully saturated rings. The first-order chi connectivity index (χ1) is 9.67. The van der Waals surface area contributed by atoms with Crippen LogP contribution in [0.5, 0.6) is 5.75 Å². The quantitative estimate of drug-likeness (QED) is 0.411. The Hall–Kier alpha value is -1.28. The van der Waals surface area contributed by atoms with Crippen molar-refractivity contribution in [2.75, 3.05) is 12.4 Å². The van der Waals surface area contributed by atoms with Gasteiger partial charge in [0.2, 0.25) is 0 Å². The van der Waals surface area contributed by atoms with Crippen LogP contribution in [0.4, 0.5) is 5.69 Å². The number of nitrogens with one attached hydrogen (secondary N) is 1. The minimum atomic E-state index is 0. The molecule has 0 aromatic heterocycles. The number of aliphatic imine (C=N–C) groups is 1. The lowest BCUT2D eigenvalue weighted by atomic mass is 10.2. The minimum Gasteiger partial charge on any atom is -0.497 e. The van der Waals surface area contributed by atoms with E-state index in [0.717, 1.165) is 21.5 Å². The van der Waals surface area contributed by atoms with Gasteiger partial charge in [0.05, 0.1) is 13.7 Å². The van der Waals surface area contributed by atoms with Gasteiger partial charge >= 0.3 is 0 Å². The van der Waals surface area contributed by atoms with E-state index in [-0.39, 0.29) is 24.0 Å². The van der Waals surface area contributed by atoms with Gasteiger partial charge in [-0.3, -0.25) is 0 Å². The van der Waals surface area contributed by atoms with Crippen molar-refractivity contribution in [1.82, 2.24) is 0 Å². The van der Waals surface area contributed by atoms with Gasteiger partial charge in [-0.1, -0.05) is 28.1 Å². The third-order valence-corrected chi connectivity index (χ3v) is 3.18. The lowest BCUT2D eigenvalue weighted by Crippen LogP contribution is -2.22. The molecule has 2 aromatic rings. The highest BCUT2D eigenvalue weighted by Gasteiger charge is 1.97. The first kappa shape index (κ1) is 17.8. The van der Waals surface area contributed by atoms with Crippen LogP contribution in [0.25, 0.3) is 0 Å². The molecule has 0 aliphatic carbocycles. The largest absolute Gasteiger partial charge is 0.497 e. The maximum Gasteiger partial charge on any atom is 0.193 e. The maximum absolute atomic E-state index is 5.86. The molecule has 6 heteroatoms. The zero-order valence-electron chi connectivity index (χ0n) is 11.5. The standard InChI is InChI=1S/C15H16BrN3O.HI/c1-20-14-7-5-13(6-8-14)19-15(17)18-10-11-3-2-4-12(16)9-11;/h2-9H,10H2,1H3,(H3,17,18,19);1H. The molecule has 0 spiro atoms. The molecular formula is C15H17BrIN3O. The normalized spacial score (nSPS) is 10.7. The molecule has 21 heavy (non-hydrogen) atoms. The average Bonchev–Trinajstić information content (AvgIpc) is 2.46. The number of guanidine groups is 1. The Morgan fingerprint density at radius 1 is 1.24 bits per heavy atom. The second-order valence-electron chi connectivity index (χ2n) is 4.18. The Morgan fingerprint density at radius 2 is 1.95 bits per heavy atom. The van der Waals surface area contributed by atoms with Crippen molar-refractivity contribution >= 4 is 51.6 Å². The summed E-state index contributed by atoms with van der Waals surface area (Å²) >= 11 is 3.43. The summed E-state index contributed by atoms with van der Waals surface area (Å²) in [5, 5.41) is 3.04. The molecule has 0 aliphatic rings. The Labute approximate surface area is 149 Å². The number of nitrogens with zero attached hydrogens (tertiary/aromatic N) is 1. The van der Waals surface area contributed by atoms with Crippen molar-refractivity contribution in [3.05, 3.63) is 58.6 Å². The van der Waals surface area contributed by atoms with E-state index in [1.165, 1.54) is 0 Å². The average molecular weight is 462 g/mol. The van der Waals surface area contributed by atoms with E-state index in [9.17, 15) is 0 Å². The van der Waals surface area contributed by atoms with E-state index in [2.05, 4.69) is 26.2 Å². The first-order valence-corrected chi connectivity index (χ1v) is 6.92. The Kier molecular flexibility index (Phi) is 7.52. The minimum absolute atomic E-state index is 0. The van der Waals surface area contributed by atoms with Crippen LogP contribution in [0.3, 0.4) is 0 Å². The van der Waals surface area contributed by atoms with E-state index >= 15 is 0 Å². The Morgan fingerprint density at radius 3 is 2.57 bits per heavy atom. The van der Waals surface area contributed by atoms with Crippen molar-refractivity contribution in [3.63, 3.8) is 0 Å². The highest BCUT2D eigenvalue weighted by Crippen LogP contribution is 2.15. The zero-order chi connectivity index (χ0) is 14.4. The van der Waals surface area contributed by atoms with E-state index in [0.29, 0.717) is 12.5 Å². The molecule has 0 amide bonds. The van der Waals surface area contributed by atoms with Crippen LogP contribution < -0.4 is 15.8 Å². The number of hydrogen-bond acceptors (Lipinski definition) is 2. The summed E-state index contributed by atoms with van der Waals surface area (Å²) in [7, 11) is 1.64. The van der Waals surface area contributed by atoms with Gasteiger partial charge in [-0.2, -0.15) is 0 Å². The number of hydrogen-bond donors (Lipinski definition) is 2. The lowest BCUT2D eigenvalue weighted by Gasteiger charge is -2.06. The number of halogens is 2. The van der Waals surface area contributed by atoms with Crippen LogP contribution in [0.2, 0.25) is 0 Å². The fraction of sp³-hybridized carbons (Fsp3) is 0.133. The van der Waals surface area contributed by atoms with Gasteiger partial charge in [-0.05, 0) is 42.0 Å². The first-order valence-electron chi connectivity index (χ1n) is 6.13. The summed E-state index contributed by atoms with van der Waals surface area (Å²) in [4.78, 5) is 4.30. The van der Waals surface area contributed by atoms with E-state index < -0.39 is 0 Å². The van der Waals surface area contributed by atoms with Crippen LogP contribution in [0.1, 0.15) is 5.56 Å². The highest BCUT2D eigenvalue weighted by molar-refractivity contribution is 14.0. The second kappa shape index (κ2) is 8.89. The summed E-state index contributed by atoms with van der Waals surface area (Å²) in [5.41, 5.74) is 7.83. The van der Waals surface area contributed by atoms with Gasteiger partial charge in [0.25, 0.3) is 0 Å². The summed E-state index contributed by atoms with van der Waals surface area (Å²) in [6.07, 6.45) is 0. The molecular weight excluding hydrogens is 445 g/mol. The third-order valence-electron chi connectivity index (χ3n) is 2.68. The number of rotatable bonds is 4. The molecule has 0 bridgehead atoms. The molecule has 0 radical (unpaired) electrons. The Balaban J connectivity index is 0.00000220. The molecule has 2 aromatic carbocycles. The van der Waals surface area contributed by atoms with Gasteiger partial charge < -0.3 is 15.8 Å². The molecule has 4 nitrogen and oxygen atoms in total. The van der Waals surface area contributed by atoms with Crippen molar-refractivity contribution < 1.29 is 4.74 Å². The lowest BCUT2D eigenvalue weighted by molar-refractivity contribution is 0.415. The monoisotopic (exact) mass is 461 g/mol. The fourth-order valence-electron chi connectivity index (χ4n) is 1.67. The van der Waals surface area contributed by atoms with Gasteiger partial charge in [0.1, 0.15) is 5.75 Å². The van der Waals surface area contributed by atoms with Crippen molar-refractivity contribution in [2.45, 2.75) is 6.54 Å². The maximum atomic E-state index is 5.86. The van der Waals surface area contributed by atoms with Crippen LogP contribution >= 0.6 is 39.9 Å². The van der Waals surface area contributed by atoms with Gasteiger partial charge in [0.15, 0.2) is 5.96 Å². The van der Waals surface area contributed by atoms with Gasteiger partial charge in [0, 0.05) is 10.2 Å². The second-order valence-corrected chi connectivity index (χ2v) is 5.10. The smallest absolute Gasteiger partial charge is 0.193 e. The van der Waals surface area contributed by atoms with Crippen LogP contribution in [0, 0.1) is 0 Å². The van der Waals surface area contributed by atoms with Crippen LogP contribution in [-0.2, 0) is 6.54 Å². The van der Waals surface area contributed by atoms with Gasteiger partial charge in [-0.15, -0.1) is 24.0 Å². The number of anilines is 1. The molecule has 0 unspecified atom stereocenters. The zero-order valence-corrected chi connectivity index (χ0v) is 15.5. The molecule has 3 N–H and O–H groups in total. The van der Waals surface area contributed by atoms with Crippen molar-refractivity contribution in [3.8, 4) is 5.75 Å². The molecule has 0 heterocycles. The summed E-state index contributed by atoms with van der Waals surface area (Å²) in [5.74, 6) is 1.19. The highest BCUT2D eigenvalue weighted by atomic mass is 127. The fourth-order valence-corrected chi connectivity index (χ4v) is 2.12. The predicted octanol–water partition coefficient (Wildman–Crippen LogP) is 4.00. The van der Waals surface area contributed by atoms with Crippen LogP contribution in [-0.4, -0.2) is 13.1 Å². The summed E-state index contributed by atoms with van der Waals surface area (Å²) < 4.78 is 6.13. The molecule has 2 rings (SSSR count). The van der Waals surface area contributed by atoms with E-state index in [4.69, 9.17) is 10.5 Å². The number of nitrogens with two attached hydrogens (primary N) is 1. The molecule has 0 aliphatic heterocycles. The van der Waals surface area contributed by atoms with Crippen molar-refractivity contribution in [2.24, 2.45) is 10.7 Å². The molecule has 112 valence electrons. The molecule has 0 atom stereocenters. The van der Waals surface area contributed by atoms with E-state index in [1.807, 2.05) is 48.5 Å². The summed E-state index contributed by atoms with van der Waals surface area (Å²) in [6, 6.07) is 15.5. The number of methoxy groups -OCH3 is 1.